The third kappa shape index (κ3) is 6.18. The Balaban J connectivity index is 1.54. The van der Waals surface area contributed by atoms with E-state index < -0.39 is 17.7 Å². The van der Waals surface area contributed by atoms with Crippen molar-refractivity contribution in [3.63, 3.8) is 0 Å². The minimum Gasteiger partial charge on any atom is -0.465 e. The van der Waals surface area contributed by atoms with Gasteiger partial charge >= 0.3 is 12.1 Å². The smallest absolute Gasteiger partial charge is 0.407 e. The number of hydrogen-bond donors (Lipinski definition) is 2. The molecule has 0 atom stereocenters. The van der Waals surface area contributed by atoms with Crippen LogP contribution in [0.4, 0.5) is 10.5 Å². The van der Waals surface area contributed by atoms with Crippen LogP contribution in [-0.2, 0) is 14.3 Å². The van der Waals surface area contributed by atoms with Crippen LogP contribution in [-0.4, -0.2) is 42.2 Å². The average molecular weight is 442 g/mol. The molecule has 8 heteroatoms. The maximum Gasteiger partial charge on any atom is 0.407 e. The molecule has 3 rings (SSSR count). The van der Waals surface area contributed by atoms with Crippen LogP contribution in [0.15, 0.2) is 30.5 Å². The third-order valence-electron chi connectivity index (χ3n) is 5.57. The summed E-state index contributed by atoms with van der Waals surface area (Å²) in [7, 11) is 1.33. The lowest BCUT2D eigenvalue weighted by Crippen LogP contribution is -2.37. The van der Waals surface area contributed by atoms with Crippen LogP contribution in [0, 0.1) is 11.8 Å². The lowest BCUT2D eigenvalue weighted by molar-refractivity contribution is -0.121. The van der Waals surface area contributed by atoms with Crippen molar-refractivity contribution in [3.05, 3.63) is 36.0 Å². The van der Waals surface area contributed by atoms with Crippen LogP contribution >= 0.6 is 0 Å². The maximum atomic E-state index is 12.8. The number of nitrogens with zero attached hydrogens (tertiary/aromatic N) is 1. The molecule has 1 aliphatic rings. The Kier molecular flexibility index (Phi) is 7.33. The molecule has 1 aromatic heterocycles. The normalized spacial score (nSPS) is 18.6. The van der Waals surface area contributed by atoms with Crippen molar-refractivity contribution < 1.29 is 23.9 Å². The van der Waals surface area contributed by atoms with E-state index in [2.05, 4.69) is 15.6 Å². The fraction of sp³-hybridized carbons (Fsp3) is 0.500. The molecule has 1 fully saturated rings. The van der Waals surface area contributed by atoms with Crippen molar-refractivity contribution in [2.24, 2.45) is 11.8 Å². The summed E-state index contributed by atoms with van der Waals surface area (Å²) >= 11 is 0. The molecule has 2 aromatic rings. The highest BCUT2D eigenvalue weighted by Gasteiger charge is 2.27. The van der Waals surface area contributed by atoms with E-state index in [1.807, 2.05) is 20.8 Å². The summed E-state index contributed by atoms with van der Waals surface area (Å²) in [6, 6.07) is 6.91. The second kappa shape index (κ2) is 9.97. The number of anilines is 1. The molecule has 1 aliphatic carbocycles. The molecule has 0 spiro atoms. The number of esters is 1. The molecular weight excluding hydrogens is 410 g/mol. The van der Waals surface area contributed by atoms with Gasteiger partial charge in [-0.05, 0) is 76.6 Å². The highest BCUT2D eigenvalue weighted by Crippen LogP contribution is 2.30. The molecule has 2 amide bonds. The minimum absolute atomic E-state index is 0.0357. The maximum absolute atomic E-state index is 12.8. The number of carbonyl (C=O) groups is 3. The first-order chi connectivity index (χ1) is 15.2. The van der Waals surface area contributed by atoms with Crippen LogP contribution < -0.4 is 10.6 Å². The van der Waals surface area contributed by atoms with Gasteiger partial charge in [-0.2, -0.15) is 0 Å². The Morgan fingerprint density at radius 3 is 2.47 bits per heavy atom. The number of benzene rings is 1. The Labute approximate surface area is 188 Å². The van der Waals surface area contributed by atoms with E-state index in [0.717, 1.165) is 25.7 Å². The molecular formula is C24H31N3O5. The van der Waals surface area contributed by atoms with E-state index in [4.69, 9.17) is 9.47 Å². The molecule has 32 heavy (non-hydrogen) atoms. The zero-order valence-corrected chi connectivity index (χ0v) is 19.1. The number of pyridine rings is 1. The summed E-state index contributed by atoms with van der Waals surface area (Å²) in [6.45, 7) is 6.05. The highest BCUT2D eigenvalue weighted by molar-refractivity contribution is 6.05. The Bertz CT molecular complexity index is 991. The third-order valence-corrected chi connectivity index (χ3v) is 5.57. The van der Waals surface area contributed by atoms with Crippen LogP contribution in [0.2, 0.25) is 0 Å². The predicted molar refractivity (Wildman–Crippen MR) is 121 cm³/mol. The molecule has 0 radical (unpaired) electrons. The van der Waals surface area contributed by atoms with Crippen LogP contribution in [0.3, 0.4) is 0 Å². The molecule has 1 saturated carbocycles. The van der Waals surface area contributed by atoms with Gasteiger partial charge in [0.15, 0.2) is 0 Å². The number of carbonyl (C=O) groups excluding carboxylic acids is 3. The van der Waals surface area contributed by atoms with Gasteiger partial charge in [0.1, 0.15) is 5.60 Å². The number of aromatic nitrogens is 1. The van der Waals surface area contributed by atoms with Crippen LogP contribution in [0.5, 0.6) is 0 Å². The first-order valence-corrected chi connectivity index (χ1v) is 10.9. The van der Waals surface area contributed by atoms with Crippen LogP contribution in [0.1, 0.15) is 56.8 Å². The standard InChI is InChI=1S/C24H31N3O5/c1-24(2,3)32-23(30)26-14-15-5-7-16(8-6-15)21(28)27-17-9-10-20-19(13-17)18(11-12-25-20)22(29)31-4/h9-13,15-16H,5-8,14H2,1-4H3,(H,26,30)(H,27,28). The average Bonchev–Trinajstić information content (AvgIpc) is 2.76. The molecule has 172 valence electrons. The van der Waals surface area contributed by atoms with Crippen molar-refractivity contribution in [2.75, 3.05) is 19.0 Å². The number of amides is 2. The molecule has 8 nitrogen and oxygen atoms in total. The number of nitrogens with one attached hydrogen (secondary N) is 2. The van der Waals surface area contributed by atoms with Crippen molar-refractivity contribution in [1.82, 2.24) is 10.3 Å². The lowest BCUT2D eigenvalue weighted by Gasteiger charge is -2.28. The predicted octanol–water partition coefficient (Wildman–Crippen LogP) is 4.29. The highest BCUT2D eigenvalue weighted by atomic mass is 16.6. The fourth-order valence-corrected chi connectivity index (χ4v) is 3.93. The van der Waals surface area contributed by atoms with E-state index >= 15 is 0 Å². The van der Waals surface area contributed by atoms with Crippen molar-refractivity contribution in [2.45, 2.75) is 52.1 Å². The zero-order valence-electron chi connectivity index (χ0n) is 19.1. The number of methoxy groups -OCH3 is 1. The Morgan fingerprint density at radius 1 is 1.09 bits per heavy atom. The summed E-state index contributed by atoms with van der Waals surface area (Å²) in [4.78, 5) is 40.9. The largest absolute Gasteiger partial charge is 0.465 e. The van der Waals surface area contributed by atoms with Crippen molar-refractivity contribution >= 4 is 34.6 Å². The quantitative estimate of drug-likeness (QED) is 0.671. The first kappa shape index (κ1) is 23.5. The summed E-state index contributed by atoms with van der Waals surface area (Å²) in [6.07, 6.45) is 4.39. The van der Waals surface area contributed by atoms with Gasteiger partial charge in [-0.3, -0.25) is 9.78 Å². The minimum atomic E-state index is -0.518. The van der Waals surface area contributed by atoms with Gasteiger partial charge < -0.3 is 20.1 Å². The lowest BCUT2D eigenvalue weighted by atomic mass is 9.81. The van der Waals surface area contributed by atoms with Gasteiger partial charge in [0.05, 0.1) is 18.2 Å². The molecule has 0 unspecified atom stereocenters. The first-order valence-electron chi connectivity index (χ1n) is 10.9. The fourth-order valence-electron chi connectivity index (χ4n) is 3.93. The summed E-state index contributed by atoms with van der Waals surface area (Å²) in [5, 5.41) is 6.43. The molecule has 0 aliphatic heterocycles. The Morgan fingerprint density at radius 2 is 1.81 bits per heavy atom. The van der Waals surface area contributed by atoms with E-state index in [-0.39, 0.29) is 11.8 Å². The van der Waals surface area contributed by atoms with Gasteiger partial charge in [-0.25, -0.2) is 9.59 Å². The van der Waals surface area contributed by atoms with Crippen LogP contribution in [0.25, 0.3) is 10.9 Å². The number of rotatable bonds is 5. The second-order valence-corrected chi connectivity index (χ2v) is 9.17. The summed E-state index contributed by atoms with van der Waals surface area (Å²) in [5.41, 5.74) is 1.17. The van der Waals surface area contributed by atoms with E-state index in [9.17, 15) is 14.4 Å². The summed E-state index contributed by atoms with van der Waals surface area (Å²) in [5.74, 6) is -0.232. The molecule has 1 heterocycles. The molecule has 0 bridgehead atoms. The monoisotopic (exact) mass is 441 g/mol. The van der Waals surface area contributed by atoms with Crippen molar-refractivity contribution in [1.29, 1.82) is 0 Å². The molecule has 0 saturated heterocycles. The van der Waals surface area contributed by atoms with Gasteiger partial charge in [0.25, 0.3) is 0 Å². The van der Waals surface area contributed by atoms with Gasteiger partial charge in [-0.15, -0.1) is 0 Å². The van der Waals surface area contributed by atoms with E-state index in [1.54, 1.807) is 30.5 Å². The van der Waals surface area contributed by atoms with Gasteiger partial charge in [0, 0.05) is 29.7 Å². The number of ether oxygens (including phenoxy) is 2. The summed E-state index contributed by atoms with van der Waals surface area (Å²) < 4.78 is 10.1. The number of alkyl carbamates (subject to hydrolysis) is 1. The molecule has 2 N–H and O–H groups in total. The van der Waals surface area contributed by atoms with E-state index in [1.165, 1.54) is 7.11 Å². The number of fused-ring (bicyclic) bond motifs is 1. The topological polar surface area (TPSA) is 107 Å². The number of hydrogen-bond acceptors (Lipinski definition) is 6. The molecule has 1 aromatic carbocycles. The van der Waals surface area contributed by atoms with E-state index in [0.29, 0.717) is 34.6 Å². The van der Waals surface area contributed by atoms with Gasteiger partial charge in [-0.1, -0.05) is 0 Å². The second-order valence-electron chi connectivity index (χ2n) is 9.17. The van der Waals surface area contributed by atoms with Gasteiger partial charge in [0.2, 0.25) is 5.91 Å². The SMILES string of the molecule is COC(=O)c1ccnc2ccc(NC(=O)C3CCC(CNC(=O)OC(C)(C)C)CC3)cc12. The Hall–Kier alpha value is -3.16. The van der Waals surface area contributed by atoms with Crippen molar-refractivity contribution in [3.8, 4) is 0 Å². The zero-order chi connectivity index (χ0) is 23.3.